The van der Waals surface area contributed by atoms with Crippen LogP contribution in [0.2, 0.25) is 0 Å². The SMILES string of the molecule is COc1cccc(CNCC2CCCO2)c1OCc1ccc(F)cc1.Cl. The van der Waals surface area contributed by atoms with Crippen LogP contribution in [0.25, 0.3) is 0 Å². The molecule has 142 valence electrons. The Bertz CT molecular complexity index is 675. The van der Waals surface area contributed by atoms with Crippen LogP contribution in [0.15, 0.2) is 42.5 Å². The fourth-order valence-corrected chi connectivity index (χ4v) is 2.93. The quantitative estimate of drug-likeness (QED) is 0.747. The van der Waals surface area contributed by atoms with Gasteiger partial charge in [-0.25, -0.2) is 4.39 Å². The second kappa shape index (κ2) is 10.4. The fraction of sp³-hybridized carbons (Fsp3) is 0.400. The standard InChI is InChI=1S/C20H24FNO3.ClH/c1-23-19-6-2-4-16(12-22-13-18-5-3-11-24-18)20(19)25-14-15-7-9-17(21)10-8-15;/h2,4,6-10,18,22H,3,5,11-14H2,1H3;1H. The van der Waals surface area contributed by atoms with Gasteiger partial charge < -0.3 is 19.5 Å². The molecule has 2 aromatic rings. The third-order valence-corrected chi connectivity index (χ3v) is 4.29. The van der Waals surface area contributed by atoms with Crippen molar-refractivity contribution in [3.63, 3.8) is 0 Å². The van der Waals surface area contributed by atoms with Gasteiger partial charge in [0.1, 0.15) is 12.4 Å². The molecule has 4 nitrogen and oxygen atoms in total. The molecular formula is C20H25ClFNO3. The van der Waals surface area contributed by atoms with Crippen LogP contribution in [-0.2, 0) is 17.9 Å². The molecule has 1 aliphatic heterocycles. The Kier molecular flexibility index (Phi) is 8.16. The highest BCUT2D eigenvalue weighted by molar-refractivity contribution is 5.85. The molecule has 0 radical (unpaired) electrons. The lowest BCUT2D eigenvalue weighted by molar-refractivity contribution is 0.110. The van der Waals surface area contributed by atoms with Crippen molar-refractivity contribution >= 4 is 12.4 Å². The summed E-state index contributed by atoms with van der Waals surface area (Å²) in [6, 6.07) is 12.2. The van der Waals surface area contributed by atoms with Crippen LogP contribution in [0.1, 0.15) is 24.0 Å². The first-order chi connectivity index (χ1) is 12.3. The largest absolute Gasteiger partial charge is 0.493 e. The molecule has 2 aromatic carbocycles. The third kappa shape index (κ3) is 5.59. The monoisotopic (exact) mass is 381 g/mol. The molecule has 6 heteroatoms. The summed E-state index contributed by atoms with van der Waals surface area (Å²) in [5, 5.41) is 3.43. The molecule has 1 aliphatic rings. The Hall–Kier alpha value is -1.82. The molecule has 0 aliphatic carbocycles. The number of ether oxygens (including phenoxy) is 3. The Balaban J connectivity index is 0.00000243. The van der Waals surface area contributed by atoms with Crippen molar-refractivity contribution < 1.29 is 18.6 Å². The lowest BCUT2D eigenvalue weighted by Gasteiger charge is -2.16. The molecule has 0 saturated carbocycles. The van der Waals surface area contributed by atoms with Gasteiger partial charge in [0.2, 0.25) is 0 Å². The van der Waals surface area contributed by atoms with Gasteiger partial charge in [-0.15, -0.1) is 12.4 Å². The molecule has 1 heterocycles. The molecule has 0 bridgehead atoms. The summed E-state index contributed by atoms with van der Waals surface area (Å²) in [6.45, 7) is 2.72. The maximum Gasteiger partial charge on any atom is 0.166 e. The van der Waals surface area contributed by atoms with E-state index < -0.39 is 0 Å². The van der Waals surface area contributed by atoms with Gasteiger partial charge in [-0.05, 0) is 36.6 Å². The predicted molar refractivity (Wildman–Crippen MR) is 102 cm³/mol. The molecular weight excluding hydrogens is 357 g/mol. The maximum absolute atomic E-state index is 13.0. The summed E-state index contributed by atoms with van der Waals surface area (Å²) >= 11 is 0. The molecule has 1 saturated heterocycles. The van der Waals surface area contributed by atoms with E-state index in [1.165, 1.54) is 12.1 Å². The van der Waals surface area contributed by atoms with E-state index in [1.807, 2.05) is 18.2 Å². The van der Waals surface area contributed by atoms with E-state index >= 15 is 0 Å². The van der Waals surface area contributed by atoms with Crippen LogP contribution in [0.3, 0.4) is 0 Å². The Labute approximate surface area is 160 Å². The number of rotatable bonds is 8. The summed E-state index contributed by atoms with van der Waals surface area (Å²) in [5.41, 5.74) is 1.94. The van der Waals surface area contributed by atoms with Crippen molar-refractivity contribution in [3.8, 4) is 11.5 Å². The van der Waals surface area contributed by atoms with E-state index in [1.54, 1.807) is 19.2 Å². The summed E-state index contributed by atoms with van der Waals surface area (Å²) in [7, 11) is 1.63. The van der Waals surface area contributed by atoms with Gasteiger partial charge in [0.25, 0.3) is 0 Å². The average molecular weight is 382 g/mol. The van der Waals surface area contributed by atoms with Gasteiger partial charge in [0.05, 0.1) is 13.2 Å². The van der Waals surface area contributed by atoms with E-state index in [0.717, 1.165) is 37.1 Å². The van der Waals surface area contributed by atoms with Crippen LogP contribution in [-0.4, -0.2) is 26.4 Å². The van der Waals surface area contributed by atoms with Gasteiger partial charge in [-0.2, -0.15) is 0 Å². The number of halogens is 2. The molecule has 0 aromatic heterocycles. The Morgan fingerprint density at radius 2 is 2.00 bits per heavy atom. The molecule has 0 amide bonds. The van der Waals surface area contributed by atoms with Crippen molar-refractivity contribution in [3.05, 3.63) is 59.4 Å². The van der Waals surface area contributed by atoms with Gasteiger partial charge in [0.15, 0.2) is 11.5 Å². The number of methoxy groups -OCH3 is 1. The van der Waals surface area contributed by atoms with E-state index in [0.29, 0.717) is 30.8 Å². The van der Waals surface area contributed by atoms with Crippen molar-refractivity contribution in [2.45, 2.75) is 32.1 Å². The number of hydrogen-bond acceptors (Lipinski definition) is 4. The first-order valence-electron chi connectivity index (χ1n) is 8.61. The summed E-state index contributed by atoms with van der Waals surface area (Å²) < 4.78 is 30.1. The second-order valence-corrected chi connectivity index (χ2v) is 6.13. The van der Waals surface area contributed by atoms with E-state index in [-0.39, 0.29) is 18.2 Å². The van der Waals surface area contributed by atoms with Crippen molar-refractivity contribution in [2.75, 3.05) is 20.3 Å². The highest BCUT2D eigenvalue weighted by atomic mass is 35.5. The summed E-state index contributed by atoms with van der Waals surface area (Å²) in [6.07, 6.45) is 2.55. The van der Waals surface area contributed by atoms with Gasteiger partial charge in [-0.1, -0.05) is 24.3 Å². The van der Waals surface area contributed by atoms with Gasteiger partial charge >= 0.3 is 0 Å². The Morgan fingerprint density at radius 3 is 2.69 bits per heavy atom. The lowest BCUT2D eigenvalue weighted by atomic mass is 10.1. The first kappa shape index (κ1) is 20.5. The molecule has 0 spiro atoms. The van der Waals surface area contributed by atoms with Crippen LogP contribution in [0, 0.1) is 5.82 Å². The fourth-order valence-electron chi connectivity index (χ4n) is 2.93. The maximum atomic E-state index is 13.0. The van der Waals surface area contributed by atoms with Crippen molar-refractivity contribution in [1.29, 1.82) is 0 Å². The minimum absolute atomic E-state index is 0. The molecule has 3 rings (SSSR count). The first-order valence-corrected chi connectivity index (χ1v) is 8.61. The van der Waals surface area contributed by atoms with E-state index in [4.69, 9.17) is 14.2 Å². The number of benzene rings is 2. The van der Waals surface area contributed by atoms with E-state index in [2.05, 4.69) is 5.32 Å². The summed E-state index contributed by atoms with van der Waals surface area (Å²) in [4.78, 5) is 0. The molecule has 1 unspecified atom stereocenters. The van der Waals surface area contributed by atoms with Gasteiger partial charge in [-0.3, -0.25) is 0 Å². The van der Waals surface area contributed by atoms with Crippen LogP contribution >= 0.6 is 12.4 Å². The highest BCUT2D eigenvalue weighted by Crippen LogP contribution is 2.32. The minimum Gasteiger partial charge on any atom is -0.493 e. The van der Waals surface area contributed by atoms with Crippen molar-refractivity contribution in [2.24, 2.45) is 0 Å². The Morgan fingerprint density at radius 1 is 1.19 bits per heavy atom. The van der Waals surface area contributed by atoms with Crippen LogP contribution < -0.4 is 14.8 Å². The van der Waals surface area contributed by atoms with Crippen LogP contribution in [0.5, 0.6) is 11.5 Å². The zero-order valence-corrected chi connectivity index (χ0v) is 15.7. The smallest absolute Gasteiger partial charge is 0.166 e. The zero-order chi connectivity index (χ0) is 17.5. The van der Waals surface area contributed by atoms with Gasteiger partial charge in [0, 0.05) is 25.3 Å². The zero-order valence-electron chi connectivity index (χ0n) is 14.9. The lowest BCUT2D eigenvalue weighted by Crippen LogP contribution is -2.26. The third-order valence-electron chi connectivity index (χ3n) is 4.29. The summed E-state index contributed by atoms with van der Waals surface area (Å²) in [5.74, 6) is 1.16. The minimum atomic E-state index is -0.250. The molecule has 1 fully saturated rings. The topological polar surface area (TPSA) is 39.7 Å². The normalized spacial score (nSPS) is 16.2. The average Bonchev–Trinajstić information content (AvgIpc) is 3.15. The molecule has 1 N–H and O–H groups in total. The molecule has 26 heavy (non-hydrogen) atoms. The highest BCUT2D eigenvalue weighted by Gasteiger charge is 2.16. The van der Waals surface area contributed by atoms with Crippen molar-refractivity contribution in [1.82, 2.24) is 5.32 Å². The second-order valence-electron chi connectivity index (χ2n) is 6.13. The predicted octanol–water partition coefficient (Wildman–Crippen LogP) is 4.10. The number of nitrogens with one attached hydrogen (secondary N) is 1. The van der Waals surface area contributed by atoms with E-state index in [9.17, 15) is 4.39 Å². The molecule has 1 atom stereocenters. The number of para-hydroxylation sites is 1. The number of hydrogen-bond donors (Lipinski definition) is 1. The van der Waals surface area contributed by atoms with Crippen LogP contribution in [0.4, 0.5) is 4.39 Å².